The van der Waals surface area contributed by atoms with Crippen LogP contribution in [0.4, 0.5) is 0 Å². The van der Waals surface area contributed by atoms with Crippen LogP contribution in [0.2, 0.25) is 0 Å². The van der Waals surface area contributed by atoms with Gasteiger partial charge < -0.3 is 10.7 Å². The Labute approximate surface area is 84.1 Å². The van der Waals surface area contributed by atoms with E-state index in [-0.39, 0.29) is 0 Å². The Morgan fingerprint density at radius 1 is 1.29 bits per heavy atom. The van der Waals surface area contributed by atoms with Gasteiger partial charge in [-0.25, -0.2) is 0 Å². The van der Waals surface area contributed by atoms with Gasteiger partial charge in [0.05, 0.1) is 0 Å². The van der Waals surface area contributed by atoms with Crippen molar-refractivity contribution in [2.75, 3.05) is 6.54 Å². The molecular formula is C12H16N2. The lowest BCUT2D eigenvalue weighted by Crippen LogP contribution is -2.01. The maximum atomic E-state index is 5.51. The minimum absolute atomic E-state index is 0.766. The molecule has 0 saturated heterocycles. The second-order valence-corrected chi connectivity index (χ2v) is 3.68. The number of H-pyrrole nitrogens is 1. The van der Waals surface area contributed by atoms with Crippen LogP contribution in [0.15, 0.2) is 24.4 Å². The zero-order valence-electron chi connectivity index (χ0n) is 8.51. The molecule has 0 spiro atoms. The van der Waals surface area contributed by atoms with Crippen LogP contribution in [0, 0.1) is 6.92 Å². The Hall–Kier alpha value is -1.28. The second kappa shape index (κ2) is 3.84. The fourth-order valence-corrected chi connectivity index (χ4v) is 1.88. The predicted octanol–water partition coefficient (Wildman–Crippen LogP) is 2.37. The second-order valence-electron chi connectivity index (χ2n) is 3.68. The molecule has 2 nitrogen and oxygen atoms in total. The van der Waals surface area contributed by atoms with E-state index in [1.165, 1.54) is 22.0 Å². The summed E-state index contributed by atoms with van der Waals surface area (Å²) < 4.78 is 0. The number of hydrogen-bond donors (Lipinski definition) is 2. The van der Waals surface area contributed by atoms with Gasteiger partial charge in [0.1, 0.15) is 0 Å². The third-order valence-corrected chi connectivity index (χ3v) is 2.75. The van der Waals surface area contributed by atoms with Gasteiger partial charge in [0, 0.05) is 11.7 Å². The van der Waals surface area contributed by atoms with Crippen LogP contribution in [-0.4, -0.2) is 11.5 Å². The molecule has 0 atom stereocenters. The standard InChI is InChI=1S/C12H16N2/c1-9-10(3-2-7-13)4-5-11-6-8-14-12(9)11/h4-6,8,14H,2-3,7,13H2,1H3. The van der Waals surface area contributed by atoms with Crippen molar-refractivity contribution in [1.82, 2.24) is 4.98 Å². The summed E-state index contributed by atoms with van der Waals surface area (Å²) in [5.41, 5.74) is 9.54. The molecule has 0 unspecified atom stereocenters. The molecule has 0 aliphatic carbocycles. The van der Waals surface area contributed by atoms with E-state index >= 15 is 0 Å². The van der Waals surface area contributed by atoms with Gasteiger partial charge in [-0.2, -0.15) is 0 Å². The van der Waals surface area contributed by atoms with Crippen LogP contribution in [0.1, 0.15) is 17.5 Å². The summed E-state index contributed by atoms with van der Waals surface area (Å²) in [5.74, 6) is 0. The molecule has 0 saturated carbocycles. The van der Waals surface area contributed by atoms with E-state index < -0.39 is 0 Å². The highest BCUT2D eigenvalue weighted by atomic mass is 14.7. The number of nitrogens with two attached hydrogens (primary N) is 1. The van der Waals surface area contributed by atoms with Crippen molar-refractivity contribution >= 4 is 10.9 Å². The third kappa shape index (κ3) is 1.53. The first-order chi connectivity index (χ1) is 6.83. The van der Waals surface area contributed by atoms with E-state index in [1.807, 2.05) is 6.20 Å². The smallest absolute Gasteiger partial charge is 0.0486 e. The van der Waals surface area contributed by atoms with Crippen molar-refractivity contribution in [3.05, 3.63) is 35.5 Å². The summed E-state index contributed by atoms with van der Waals surface area (Å²) in [7, 11) is 0. The minimum Gasteiger partial charge on any atom is -0.361 e. The molecule has 14 heavy (non-hydrogen) atoms. The molecule has 0 aliphatic rings. The van der Waals surface area contributed by atoms with Gasteiger partial charge in [-0.3, -0.25) is 0 Å². The van der Waals surface area contributed by atoms with Crippen molar-refractivity contribution in [3.8, 4) is 0 Å². The van der Waals surface area contributed by atoms with Gasteiger partial charge in [-0.15, -0.1) is 0 Å². The molecule has 2 heteroatoms. The molecule has 1 aromatic carbocycles. The quantitative estimate of drug-likeness (QED) is 0.763. The third-order valence-electron chi connectivity index (χ3n) is 2.75. The van der Waals surface area contributed by atoms with Gasteiger partial charge in [-0.05, 0) is 48.9 Å². The lowest BCUT2D eigenvalue weighted by molar-refractivity contribution is 0.829. The van der Waals surface area contributed by atoms with E-state index in [9.17, 15) is 0 Å². The first-order valence-electron chi connectivity index (χ1n) is 5.08. The SMILES string of the molecule is Cc1c(CCCN)ccc2cc[nH]c12. The van der Waals surface area contributed by atoms with Crippen LogP contribution in [0.3, 0.4) is 0 Å². The van der Waals surface area contributed by atoms with E-state index in [2.05, 4.69) is 30.1 Å². The molecule has 0 fully saturated rings. The van der Waals surface area contributed by atoms with Gasteiger partial charge in [0.15, 0.2) is 0 Å². The molecular weight excluding hydrogens is 172 g/mol. The number of aryl methyl sites for hydroxylation is 2. The lowest BCUT2D eigenvalue weighted by Gasteiger charge is -2.05. The molecule has 2 aromatic rings. The van der Waals surface area contributed by atoms with Crippen molar-refractivity contribution in [1.29, 1.82) is 0 Å². The summed E-state index contributed by atoms with van der Waals surface area (Å²) in [5, 5.41) is 1.29. The van der Waals surface area contributed by atoms with Crippen molar-refractivity contribution in [3.63, 3.8) is 0 Å². The average Bonchev–Trinajstić information content (AvgIpc) is 2.66. The Balaban J connectivity index is 2.40. The number of nitrogens with one attached hydrogen (secondary N) is 1. The van der Waals surface area contributed by atoms with E-state index in [4.69, 9.17) is 5.73 Å². The molecule has 74 valence electrons. The zero-order chi connectivity index (χ0) is 9.97. The van der Waals surface area contributed by atoms with Crippen molar-refractivity contribution in [2.45, 2.75) is 19.8 Å². The molecule has 0 bridgehead atoms. The van der Waals surface area contributed by atoms with Crippen LogP contribution >= 0.6 is 0 Å². The molecule has 3 N–H and O–H groups in total. The van der Waals surface area contributed by atoms with Crippen molar-refractivity contribution < 1.29 is 0 Å². The number of benzene rings is 1. The van der Waals surface area contributed by atoms with Gasteiger partial charge >= 0.3 is 0 Å². The van der Waals surface area contributed by atoms with Gasteiger partial charge in [0.2, 0.25) is 0 Å². The topological polar surface area (TPSA) is 41.8 Å². The monoisotopic (exact) mass is 188 g/mol. The first-order valence-corrected chi connectivity index (χ1v) is 5.08. The minimum atomic E-state index is 0.766. The Bertz CT molecular complexity index is 429. The van der Waals surface area contributed by atoms with Crippen LogP contribution < -0.4 is 5.73 Å². The number of aromatic amines is 1. The lowest BCUT2D eigenvalue weighted by atomic mass is 10.0. The molecule has 0 amide bonds. The molecule has 2 rings (SSSR count). The highest BCUT2D eigenvalue weighted by molar-refractivity contribution is 5.83. The van der Waals surface area contributed by atoms with E-state index in [0.717, 1.165) is 19.4 Å². The number of fused-ring (bicyclic) bond motifs is 1. The van der Waals surface area contributed by atoms with Gasteiger partial charge in [0.25, 0.3) is 0 Å². The Morgan fingerprint density at radius 2 is 2.14 bits per heavy atom. The summed E-state index contributed by atoms with van der Waals surface area (Å²) in [6.07, 6.45) is 4.13. The Morgan fingerprint density at radius 3 is 2.93 bits per heavy atom. The van der Waals surface area contributed by atoms with Crippen LogP contribution in [-0.2, 0) is 6.42 Å². The number of aromatic nitrogens is 1. The summed E-state index contributed by atoms with van der Waals surface area (Å²) in [6, 6.07) is 6.49. The Kier molecular flexibility index (Phi) is 2.55. The highest BCUT2D eigenvalue weighted by Crippen LogP contribution is 2.21. The van der Waals surface area contributed by atoms with Gasteiger partial charge in [-0.1, -0.05) is 12.1 Å². The maximum Gasteiger partial charge on any atom is 0.0486 e. The molecule has 1 aromatic heterocycles. The summed E-state index contributed by atoms with van der Waals surface area (Å²) >= 11 is 0. The van der Waals surface area contributed by atoms with E-state index in [0.29, 0.717) is 0 Å². The number of rotatable bonds is 3. The fourth-order valence-electron chi connectivity index (χ4n) is 1.88. The predicted molar refractivity (Wildman–Crippen MR) is 60.4 cm³/mol. The largest absolute Gasteiger partial charge is 0.361 e. The first kappa shape index (κ1) is 9.28. The fraction of sp³-hybridized carbons (Fsp3) is 0.333. The normalized spacial score (nSPS) is 11.0. The highest BCUT2D eigenvalue weighted by Gasteiger charge is 2.03. The molecule has 1 heterocycles. The van der Waals surface area contributed by atoms with Crippen molar-refractivity contribution in [2.24, 2.45) is 5.73 Å². The maximum absolute atomic E-state index is 5.51. The number of hydrogen-bond acceptors (Lipinski definition) is 1. The molecule has 0 radical (unpaired) electrons. The van der Waals surface area contributed by atoms with Crippen LogP contribution in [0.25, 0.3) is 10.9 Å². The average molecular weight is 188 g/mol. The summed E-state index contributed by atoms with van der Waals surface area (Å²) in [4.78, 5) is 3.27. The van der Waals surface area contributed by atoms with Crippen LogP contribution in [0.5, 0.6) is 0 Å². The zero-order valence-corrected chi connectivity index (χ0v) is 8.51. The summed E-state index contributed by atoms with van der Waals surface area (Å²) in [6.45, 7) is 2.94. The molecule has 0 aliphatic heterocycles. The van der Waals surface area contributed by atoms with E-state index in [1.54, 1.807) is 0 Å².